The Balaban J connectivity index is 2.07. The number of esters is 1. The van der Waals surface area contributed by atoms with Gasteiger partial charge in [-0.25, -0.2) is 9.78 Å². The lowest BCUT2D eigenvalue weighted by Crippen LogP contribution is -2.11. The first-order chi connectivity index (χ1) is 12.0. The monoisotopic (exact) mass is 355 g/mol. The number of fused-ring (bicyclic) bond motifs is 1. The molecule has 0 bridgehead atoms. The molecule has 2 N–H and O–H groups in total. The van der Waals surface area contributed by atoms with E-state index in [0.29, 0.717) is 17.2 Å². The first kappa shape index (κ1) is 17.2. The summed E-state index contributed by atoms with van der Waals surface area (Å²) in [4.78, 5) is 15.4. The minimum atomic E-state index is -0.325. The third-order valence-corrected chi connectivity index (χ3v) is 4.37. The molecule has 3 aromatic rings. The van der Waals surface area contributed by atoms with Crippen molar-refractivity contribution < 1.29 is 14.5 Å². The Morgan fingerprint density at radius 1 is 1.16 bits per heavy atom. The molecule has 0 spiro atoms. The molecule has 1 heterocycles. The van der Waals surface area contributed by atoms with Crippen LogP contribution in [0.5, 0.6) is 0 Å². The van der Waals surface area contributed by atoms with Crippen LogP contribution in [0.3, 0.4) is 0 Å². The average Bonchev–Trinajstić information content (AvgIpc) is 2.58. The summed E-state index contributed by atoms with van der Waals surface area (Å²) in [5.74, 6) is -0.325. The average molecular weight is 356 g/mol. The van der Waals surface area contributed by atoms with E-state index < -0.39 is 0 Å². The van der Waals surface area contributed by atoms with E-state index in [1.54, 1.807) is 13.0 Å². The molecule has 3 rings (SSSR count). The van der Waals surface area contributed by atoms with Gasteiger partial charge in [0.25, 0.3) is 0 Å². The van der Waals surface area contributed by atoms with Crippen molar-refractivity contribution in [1.29, 1.82) is 0 Å². The summed E-state index contributed by atoms with van der Waals surface area (Å²) in [7, 11) is 0. The fraction of sp³-hybridized carbons (Fsp3) is 0.200. The van der Waals surface area contributed by atoms with Crippen molar-refractivity contribution in [3.63, 3.8) is 0 Å². The number of carbonyl (C=O) groups is 1. The summed E-state index contributed by atoms with van der Waals surface area (Å²) in [5.41, 5.74) is 5.29. The van der Waals surface area contributed by atoms with Gasteiger partial charge in [-0.1, -0.05) is 17.7 Å². The second-order valence-electron chi connectivity index (χ2n) is 5.94. The van der Waals surface area contributed by atoms with Crippen LogP contribution < -0.4 is 10.3 Å². The number of carbonyl (C=O) groups excluding carboxylic acids is 1. The van der Waals surface area contributed by atoms with Crippen LogP contribution in [0, 0.1) is 13.8 Å². The van der Waals surface area contributed by atoms with Crippen LogP contribution in [0.2, 0.25) is 5.02 Å². The van der Waals surface area contributed by atoms with Crippen molar-refractivity contribution in [2.24, 2.45) is 0 Å². The van der Waals surface area contributed by atoms with E-state index >= 15 is 0 Å². The number of halogens is 1. The molecule has 1 aromatic heterocycles. The van der Waals surface area contributed by atoms with Gasteiger partial charge in [-0.3, -0.25) is 0 Å². The molecule has 0 unspecified atom stereocenters. The second-order valence-corrected chi connectivity index (χ2v) is 6.34. The first-order valence-electron chi connectivity index (χ1n) is 8.15. The molecular formula is C20H20ClN2O2+. The highest BCUT2D eigenvalue weighted by atomic mass is 35.5. The molecule has 128 valence electrons. The molecule has 2 aromatic carbocycles. The molecule has 4 nitrogen and oxygen atoms in total. The van der Waals surface area contributed by atoms with Crippen LogP contribution in [-0.2, 0) is 4.74 Å². The number of rotatable bonds is 4. The number of aromatic amines is 1. The van der Waals surface area contributed by atoms with Crippen molar-refractivity contribution in [2.75, 3.05) is 11.9 Å². The van der Waals surface area contributed by atoms with E-state index in [2.05, 4.69) is 10.3 Å². The molecule has 0 saturated heterocycles. The highest BCUT2D eigenvalue weighted by Gasteiger charge is 2.14. The Morgan fingerprint density at radius 3 is 2.68 bits per heavy atom. The van der Waals surface area contributed by atoms with Crippen LogP contribution >= 0.6 is 11.6 Å². The van der Waals surface area contributed by atoms with Crippen LogP contribution in [-0.4, -0.2) is 12.6 Å². The SMILES string of the molecule is CCOC(=O)c1ccc2[nH+]c(C)cc(Nc3ccc(C)c(Cl)c3)c2c1. The lowest BCUT2D eigenvalue weighted by molar-refractivity contribution is -0.354. The number of hydrogen-bond acceptors (Lipinski definition) is 3. The Labute approximate surface area is 151 Å². The highest BCUT2D eigenvalue weighted by Crippen LogP contribution is 2.28. The van der Waals surface area contributed by atoms with Crippen molar-refractivity contribution in [1.82, 2.24) is 0 Å². The molecular weight excluding hydrogens is 336 g/mol. The molecule has 0 amide bonds. The minimum Gasteiger partial charge on any atom is -0.462 e. The van der Waals surface area contributed by atoms with Gasteiger partial charge >= 0.3 is 5.97 Å². The molecule has 0 atom stereocenters. The molecule has 25 heavy (non-hydrogen) atoms. The Bertz CT molecular complexity index is 954. The maximum absolute atomic E-state index is 12.0. The summed E-state index contributed by atoms with van der Waals surface area (Å²) in [6.07, 6.45) is 0. The van der Waals surface area contributed by atoms with E-state index in [-0.39, 0.29) is 5.97 Å². The molecule has 0 saturated carbocycles. The van der Waals surface area contributed by atoms with E-state index in [9.17, 15) is 4.79 Å². The topological polar surface area (TPSA) is 52.5 Å². The summed E-state index contributed by atoms with van der Waals surface area (Å²) in [6, 6.07) is 13.3. The zero-order valence-corrected chi connectivity index (χ0v) is 15.2. The van der Waals surface area contributed by atoms with E-state index in [1.807, 2.05) is 50.2 Å². The second kappa shape index (κ2) is 7.11. The van der Waals surface area contributed by atoms with Crippen molar-refractivity contribution in [3.8, 4) is 0 Å². The van der Waals surface area contributed by atoms with Gasteiger partial charge in [0.2, 0.25) is 5.52 Å². The molecule has 0 radical (unpaired) electrons. The number of ether oxygens (including phenoxy) is 1. The first-order valence-corrected chi connectivity index (χ1v) is 8.52. The number of benzene rings is 2. The Hall–Kier alpha value is -2.59. The number of pyridine rings is 1. The molecule has 0 aliphatic rings. The zero-order chi connectivity index (χ0) is 18.0. The standard InChI is InChI=1S/C20H19ClN2O2/c1-4-25-20(24)14-6-8-18-16(10-14)19(9-13(3)22-18)23-15-7-5-12(2)17(21)11-15/h5-11H,4H2,1-3H3,(H,22,23)/p+1. The van der Waals surface area contributed by atoms with Gasteiger partial charge in [-0.2, -0.15) is 0 Å². The van der Waals surface area contributed by atoms with Crippen LogP contribution in [0.4, 0.5) is 11.4 Å². The summed E-state index contributed by atoms with van der Waals surface area (Å²) < 4.78 is 5.10. The number of hydrogen-bond donors (Lipinski definition) is 1. The molecule has 0 aliphatic carbocycles. The summed E-state index contributed by atoms with van der Waals surface area (Å²) >= 11 is 6.22. The van der Waals surface area contributed by atoms with Gasteiger partial charge in [-0.05, 0) is 43.7 Å². The Morgan fingerprint density at radius 2 is 1.96 bits per heavy atom. The van der Waals surface area contributed by atoms with Gasteiger partial charge in [-0.15, -0.1) is 0 Å². The normalized spacial score (nSPS) is 10.7. The Kier molecular flexibility index (Phi) is 4.91. The van der Waals surface area contributed by atoms with Crippen molar-refractivity contribution in [3.05, 3.63) is 64.3 Å². The van der Waals surface area contributed by atoms with E-state index in [1.165, 1.54) is 0 Å². The maximum Gasteiger partial charge on any atom is 0.338 e. The minimum absolute atomic E-state index is 0.325. The van der Waals surface area contributed by atoms with Gasteiger partial charge in [0.05, 0.1) is 23.2 Å². The number of aryl methyl sites for hydroxylation is 2. The predicted molar refractivity (Wildman–Crippen MR) is 101 cm³/mol. The third-order valence-electron chi connectivity index (χ3n) is 3.96. The molecule has 0 aliphatic heterocycles. The number of aromatic nitrogens is 1. The van der Waals surface area contributed by atoms with Crippen molar-refractivity contribution in [2.45, 2.75) is 20.8 Å². The van der Waals surface area contributed by atoms with Crippen LogP contribution in [0.1, 0.15) is 28.5 Å². The fourth-order valence-corrected chi connectivity index (χ4v) is 2.87. The van der Waals surface area contributed by atoms with Crippen molar-refractivity contribution >= 4 is 39.8 Å². The smallest absolute Gasteiger partial charge is 0.338 e. The van der Waals surface area contributed by atoms with Crippen LogP contribution in [0.25, 0.3) is 10.9 Å². The predicted octanol–water partition coefficient (Wildman–Crippen LogP) is 4.84. The quantitative estimate of drug-likeness (QED) is 0.681. The van der Waals surface area contributed by atoms with E-state index in [4.69, 9.17) is 16.3 Å². The summed E-state index contributed by atoms with van der Waals surface area (Å²) in [6.45, 7) is 6.11. The van der Waals surface area contributed by atoms with Gasteiger partial charge in [0.15, 0.2) is 5.69 Å². The largest absolute Gasteiger partial charge is 0.462 e. The highest BCUT2D eigenvalue weighted by molar-refractivity contribution is 6.31. The zero-order valence-electron chi connectivity index (χ0n) is 14.4. The number of anilines is 2. The van der Waals surface area contributed by atoms with E-state index in [0.717, 1.165) is 33.5 Å². The fourth-order valence-electron chi connectivity index (χ4n) is 2.69. The lowest BCUT2D eigenvalue weighted by Gasteiger charge is -2.10. The van der Waals surface area contributed by atoms with Crippen LogP contribution in [0.15, 0.2) is 42.5 Å². The lowest BCUT2D eigenvalue weighted by atomic mass is 10.1. The molecule has 5 heteroatoms. The van der Waals surface area contributed by atoms with Gasteiger partial charge in [0.1, 0.15) is 0 Å². The van der Waals surface area contributed by atoms with Gasteiger partial charge < -0.3 is 10.1 Å². The number of H-pyrrole nitrogens is 1. The third kappa shape index (κ3) is 3.74. The summed E-state index contributed by atoms with van der Waals surface area (Å²) in [5, 5.41) is 5.02. The maximum atomic E-state index is 12.0. The number of nitrogens with one attached hydrogen (secondary N) is 2. The molecule has 0 fully saturated rings. The van der Waals surface area contributed by atoms with Gasteiger partial charge in [0, 0.05) is 29.8 Å².